The molecule has 0 amide bonds. The van der Waals surface area contributed by atoms with E-state index in [4.69, 9.17) is 10.8 Å². The molecule has 3 heterocycles. The first kappa shape index (κ1) is 23.0. The highest BCUT2D eigenvalue weighted by Gasteiger charge is 2.28. The van der Waals surface area contributed by atoms with E-state index < -0.39 is 5.89 Å². The number of benzene rings is 3. The molecular weight excluding hydrogens is 476 g/mol. The van der Waals surface area contributed by atoms with Gasteiger partial charge < -0.3 is 4.42 Å². The van der Waals surface area contributed by atoms with Gasteiger partial charge in [-0.15, -0.1) is 0 Å². The molecule has 0 saturated heterocycles. The van der Waals surface area contributed by atoms with Gasteiger partial charge in [-0.25, -0.2) is 4.57 Å². The van der Waals surface area contributed by atoms with Crippen molar-refractivity contribution < 1.29 is 10.4 Å². The molecule has 0 spiro atoms. The minimum Gasteiger partial charge on any atom is -0.455 e. The van der Waals surface area contributed by atoms with Crippen molar-refractivity contribution in [2.24, 2.45) is 12.5 Å². The maximum absolute atomic E-state index is 9.13. The van der Waals surface area contributed by atoms with Crippen molar-refractivity contribution in [2.75, 3.05) is 0 Å². The van der Waals surface area contributed by atoms with Crippen molar-refractivity contribution in [3.8, 4) is 22.5 Å². The largest absolute Gasteiger partial charge is 0.455 e. The number of fused-ring (bicyclic) bond motifs is 5. The van der Waals surface area contributed by atoms with Gasteiger partial charge in [-0.2, -0.15) is 0 Å². The molecule has 1 aliphatic rings. The Morgan fingerprint density at radius 3 is 2.56 bits per heavy atom. The molecule has 3 aromatic carbocycles. The predicted molar refractivity (Wildman–Crippen MR) is 161 cm³/mol. The van der Waals surface area contributed by atoms with Gasteiger partial charge in [0, 0.05) is 36.0 Å². The van der Waals surface area contributed by atoms with Crippen molar-refractivity contribution in [2.45, 2.75) is 52.3 Å². The molecule has 0 N–H and O–H groups in total. The lowest BCUT2D eigenvalue weighted by Gasteiger charge is -2.34. The summed E-state index contributed by atoms with van der Waals surface area (Å²) in [6, 6.07) is 25.7. The van der Waals surface area contributed by atoms with Gasteiger partial charge in [0.1, 0.15) is 18.2 Å². The number of rotatable bonds is 3. The third-order valence-corrected chi connectivity index (χ3v) is 8.82. The molecule has 7 rings (SSSR count). The maximum atomic E-state index is 9.13. The fraction of sp³-hybridized carbons (Fsp3) is 0.278. The molecule has 3 nitrogen and oxygen atoms in total. The molecule has 1 aliphatic carbocycles. The molecule has 0 atom stereocenters. The Morgan fingerprint density at radius 1 is 0.949 bits per heavy atom. The Bertz CT molecular complexity index is 1910. The summed E-state index contributed by atoms with van der Waals surface area (Å²) in [5.41, 5.74) is 8.53. The van der Waals surface area contributed by atoms with Crippen LogP contribution in [0.3, 0.4) is 0 Å². The van der Waals surface area contributed by atoms with Gasteiger partial charge in [-0.3, -0.25) is 4.98 Å². The van der Waals surface area contributed by atoms with E-state index in [1.54, 1.807) is 0 Å². The van der Waals surface area contributed by atoms with Gasteiger partial charge in [0.15, 0.2) is 6.20 Å². The number of nitrogens with zero attached hydrogens (tertiary/aromatic N) is 2. The maximum Gasteiger partial charge on any atom is 0.217 e. The molecule has 3 heteroatoms. The van der Waals surface area contributed by atoms with Crippen LogP contribution in [0.5, 0.6) is 0 Å². The van der Waals surface area contributed by atoms with E-state index in [9.17, 15) is 0 Å². The molecular formula is C36H35N2O+. The van der Waals surface area contributed by atoms with Crippen molar-refractivity contribution >= 4 is 32.7 Å². The smallest absolute Gasteiger partial charge is 0.217 e. The SMILES string of the molecule is [2H]C1(c2ccc(-c3cc[n+](C)c(-c4c(C)ccc5c4oc4ccc6ccccc6c45)c3)nc2)CCC(C)(C)CC1. The average Bonchev–Trinajstić information content (AvgIpc) is 3.35. The molecule has 6 aromatic rings. The van der Waals surface area contributed by atoms with E-state index in [1.165, 1.54) is 21.7 Å². The Kier molecular flexibility index (Phi) is 5.33. The van der Waals surface area contributed by atoms with Crippen LogP contribution in [0.4, 0.5) is 0 Å². The third-order valence-electron chi connectivity index (χ3n) is 8.82. The topological polar surface area (TPSA) is 29.9 Å². The van der Waals surface area contributed by atoms with Gasteiger partial charge in [0.05, 0.1) is 11.3 Å². The van der Waals surface area contributed by atoms with Crippen LogP contribution in [0.1, 0.15) is 57.9 Å². The first-order chi connectivity index (χ1) is 19.2. The molecule has 1 saturated carbocycles. The Hall–Kier alpha value is -3.98. The molecule has 0 bridgehead atoms. The van der Waals surface area contributed by atoms with E-state index >= 15 is 0 Å². The van der Waals surface area contributed by atoms with E-state index in [0.717, 1.165) is 70.3 Å². The highest BCUT2D eigenvalue weighted by molar-refractivity contribution is 6.20. The molecule has 194 valence electrons. The zero-order chi connectivity index (χ0) is 27.6. The Balaban J connectivity index is 1.32. The van der Waals surface area contributed by atoms with Gasteiger partial charge >= 0.3 is 0 Å². The highest BCUT2D eigenvalue weighted by Crippen LogP contribution is 2.43. The lowest BCUT2D eigenvalue weighted by molar-refractivity contribution is -0.660. The van der Waals surface area contributed by atoms with E-state index in [1.807, 2.05) is 6.20 Å². The van der Waals surface area contributed by atoms with Crippen LogP contribution in [0.25, 0.3) is 55.2 Å². The van der Waals surface area contributed by atoms with Crippen LogP contribution < -0.4 is 4.57 Å². The summed E-state index contributed by atoms with van der Waals surface area (Å²) in [5, 5.41) is 4.73. The predicted octanol–water partition coefficient (Wildman–Crippen LogP) is 9.28. The fourth-order valence-corrected chi connectivity index (χ4v) is 6.30. The summed E-state index contributed by atoms with van der Waals surface area (Å²) in [7, 11) is 2.08. The van der Waals surface area contributed by atoms with Crippen LogP contribution in [-0.4, -0.2) is 4.98 Å². The van der Waals surface area contributed by atoms with Gasteiger partial charge in [0.2, 0.25) is 5.69 Å². The van der Waals surface area contributed by atoms with E-state index in [2.05, 4.69) is 111 Å². The van der Waals surface area contributed by atoms with Crippen LogP contribution in [-0.2, 0) is 7.05 Å². The molecule has 0 aliphatic heterocycles. The molecule has 39 heavy (non-hydrogen) atoms. The van der Waals surface area contributed by atoms with Crippen molar-refractivity contribution in [3.05, 3.63) is 96.3 Å². The first-order valence-corrected chi connectivity index (χ1v) is 14.0. The highest BCUT2D eigenvalue weighted by atomic mass is 16.3. The number of pyridine rings is 2. The summed E-state index contributed by atoms with van der Waals surface area (Å²) in [4.78, 5) is 4.87. The lowest BCUT2D eigenvalue weighted by atomic mass is 9.71. The van der Waals surface area contributed by atoms with Crippen molar-refractivity contribution in [1.82, 2.24) is 4.98 Å². The van der Waals surface area contributed by atoms with E-state index in [0.29, 0.717) is 5.41 Å². The second-order valence-corrected chi connectivity index (χ2v) is 12.0. The van der Waals surface area contributed by atoms with Crippen molar-refractivity contribution in [3.63, 3.8) is 0 Å². The minimum absolute atomic E-state index is 0.335. The summed E-state index contributed by atoms with van der Waals surface area (Å²) in [6.45, 7) is 6.78. The number of furan rings is 1. The number of hydrogen-bond donors (Lipinski definition) is 0. The van der Waals surface area contributed by atoms with Crippen LogP contribution in [0.15, 0.2) is 89.6 Å². The zero-order valence-electron chi connectivity index (χ0n) is 24.2. The van der Waals surface area contributed by atoms with Gasteiger partial charge in [-0.05, 0) is 77.9 Å². The van der Waals surface area contributed by atoms with Crippen LogP contribution in [0, 0.1) is 12.3 Å². The summed E-state index contributed by atoms with van der Waals surface area (Å²) in [6.07, 6.45) is 7.98. The molecule has 3 aromatic heterocycles. The van der Waals surface area contributed by atoms with Crippen LogP contribution >= 0.6 is 0 Å². The molecule has 0 unspecified atom stereocenters. The average molecular weight is 513 g/mol. The summed E-state index contributed by atoms with van der Waals surface area (Å²) in [5.74, 6) is -0.534. The second-order valence-electron chi connectivity index (χ2n) is 12.0. The standard InChI is InChI=1S/C36H35N2O/c1-23-9-12-29-34-28-8-6-5-7-25(28)11-14-32(34)39-35(29)33(23)31-21-26(17-20-38(31)4)30-13-10-27(22-37-30)24-15-18-36(2,3)19-16-24/h5-14,17,20-22,24H,15-16,18-19H2,1-4H3/q+1/i24D. The quantitative estimate of drug-likeness (QED) is 0.221. The Labute approximate surface area is 231 Å². The summed E-state index contributed by atoms with van der Waals surface area (Å²) < 4.78 is 17.9. The summed E-state index contributed by atoms with van der Waals surface area (Å²) >= 11 is 0. The zero-order valence-corrected chi connectivity index (χ0v) is 23.2. The minimum atomic E-state index is -0.534. The monoisotopic (exact) mass is 512 g/mol. The number of aromatic nitrogens is 2. The van der Waals surface area contributed by atoms with Gasteiger partial charge in [0.25, 0.3) is 0 Å². The molecule has 0 radical (unpaired) electrons. The number of hydrogen-bond acceptors (Lipinski definition) is 2. The first-order valence-electron chi connectivity index (χ1n) is 14.5. The van der Waals surface area contributed by atoms with Crippen molar-refractivity contribution in [1.29, 1.82) is 0 Å². The normalized spacial score (nSPS) is 17.1. The lowest BCUT2D eigenvalue weighted by Crippen LogP contribution is -2.30. The van der Waals surface area contributed by atoms with Gasteiger partial charge in [-0.1, -0.05) is 62.4 Å². The van der Waals surface area contributed by atoms with E-state index in [-0.39, 0.29) is 0 Å². The Morgan fingerprint density at radius 2 is 1.77 bits per heavy atom. The number of aryl methyl sites for hydroxylation is 2. The third kappa shape index (κ3) is 4.12. The second kappa shape index (κ2) is 9.05. The molecule has 1 fully saturated rings. The van der Waals surface area contributed by atoms with Crippen LogP contribution in [0.2, 0.25) is 0 Å². The fourth-order valence-electron chi connectivity index (χ4n) is 6.30.